The van der Waals surface area contributed by atoms with Gasteiger partial charge in [0.1, 0.15) is 17.4 Å². The van der Waals surface area contributed by atoms with Gasteiger partial charge in [-0.1, -0.05) is 31.0 Å². The van der Waals surface area contributed by atoms with Crippen molar-refractivity contribution in [1.29, 1.82) is 0 Å². The van der Waals surface area contributed by atoms with E-state index in [1.807, 2.05) is 0 Å². The largest absolute Gasteiger partial charge is 0.496 e. The number of nitrogens with zero attached hydrogens (tertiary/aromatic N) is 4. The van der Waals surface area contributed by atoms with E-state index in [9.17, 15) is 0 Å². The van der Waals surface area contributed by atoms with E-state index in [0.717, 1.165) is 48.8 Å². The minimum Gasteiger partial charge on any atom is -0.496 e. The summed E-state index contributed by atoms with van der Waals surface area (Å²) in [5.74, 6) is 4.23. The Morgan fingerprint density at radius 1 is 0.906 bits per heavy atom. The molecule has 3 aromatic rings. The molecule has 5 heteroatoms. The summed E-state index contributed by atoms with van der Waals surface area (Å²) in [5.41, 5.74) is 3.61. The van der Waals surface area contributed by atoms with Gasteiger partial charge in [0.25, 0.3) is 0 Å². The van der Waals surface area contributed by atoms with Gasteiger partial charge in [-0.05, 0) is 61.4 Å². The van der Waals surface area contributed by atoms with Crippen LogP contribution in [0, 0.1) is 0 Å². The van der Waals surface area contributed by atoms with Gasteiger partial charge in [-0.15, -0.1) is 0 Å². The summed E-state index contributed by atoms with van der Waals surface area (Å²) in [4.78, 5) is 14.9. The van der Waals surface area contributed by atoms with Crippen molar-refractivity contribution in [2.75, 3.05) is 44.1 Å². The van der Waals surface area contributed by atoms with Crippen LogP contribution in [-0.2, 0) is 0 Å². The SMILES string of the molecule is COc1ccccc1C1CCN(c2nc(C3CCCC3)nc3ccc(N(C)C)cc23)CC1. The van der Waals surface area contributed by atoms with Crippen molar-refractivity contribution < 1.29 is 4.74 Å². The third-order valence-electron chi connectivity index (χ3n) is 7.29. The molecule has 0 spiro atoms. The molecule has 0 amide bonds. The molecule has 2 heterocycles. The zero-order valence-corrected chi connectivity index (χ0v) is 19.6. The summed E-state index contributed by atoms with van der Waals surface area (Å²) in [6.45, 7) is 2.01. The molecule has 1 aromatic heterocycles. The van der Waals surface area contributed by atoms with Crippen LogP contribution in [0.2, 0.25) is 0 Å². The van der Waals surface area contributed by atoms with Crippen molar-refractivity contribution in [3.05, 3.63) is 53.9 Å². The third-order valence-corrected chi connectivity index (χ3v) is 7.29. The predicted molar refractivity (Wildman–Crippen MR) is 132 cm³/mol. The lowest BCUT2D eigenvalue weighted by molar-refractivity contribution is 0.397. The summed E-state index contributed by atoms with van der Waals surface area (Å²) in [6.07, 6.45) is 7.25. The van der Waals surface area contributed by atoms with E-state index in [4.69, 9.17) is 14.7 Å². The van der Waals surface area contributed by atoms with Crippen LogP contribution in [-0.4, -0.2) is 44.3 Å². The zero-order valence-electron chi connectivity index (χ0n) is 19.6. The molecule has 0 bridgehead atoms. The van der Waals surface area contributed by atoms with Crippen molar-refractivity contribution in [2.45, 2.75) is 50.4 Å². The topological polar surface area (TPSA) is 41.5 Å². The van der Waals surface area contributed by atoms with Crippen LogP contribution in [0.25, 0.3) is 10.9 Å². The number of ether oxygens (including phenoxy) is 1. The van der Waals surface area contributed by atoms with Crippen molar-refractivity contribution >= 4 is 22.4 Å². The highest BCUT2D eigenvalue weighted by atomic mass is 16.5. The van der Waals surface area contributed by atoms with Crippen LogP contribution in [0.4, 0.5) is 11.5 Å². The number of rotatable bonds is 5. The highest BCUT2D eigenvalue weighted by molar-refractivity contribution is 5.92. The normalized spacial score (nSPS) is 17.8. The molecule has 1 saturated heterocycles. The van der Waals surface area contributed by atoms with E-state index in [0.29, 0.717) is 11.8 Å². The van der Waals surface area contributed by atoms with Gasteiger partial charge in [0.2, 0.25) is 0 Å². The Kier molecular flexibility index (Phi) is 5.90. The molecule has 32 heavy (non-hydrogen) atoms. The van der Waals surface area contributed by atoms with E-state index < -0.39 is 0 Å². The fourth-order valence-corrected chi connectivity index (χ4v) is 5.41. The first-order chi connectivity index (χ1) is 15.6. The van der Waals surface area contributed by atoms with E-state index in [1.165, 1.54) is 42.3 Å². The number of aromatic nitrogens is 2. The van der Waals surface area contributed by atoms with Gasteiger partial charge in [0, 0.05) is 44.2 Å². The molecule has 1 aliphatic heterocycles. The molecular formula is C27H34N4O. The van der Waals surface area contributed by atoms with Crippen LogP contribution >= 0.6 is 0 Å². The Labute approximate surface area is 191 Å². The van der Waals surface area contributed by atoms with Gasteiger partial charge in [-0.2, -0.15) is 0 Å². The minimum absolute atomic E-state index is 0.512. The summed E-state index contributed by atoms with van der Waals surface area (Å²) in [5, 5.41) is 1.17. The smallest absolute Gasteiger partial charge is 0.140 e. The first-order valence-corrected chi connectivity index (χ1v) is 12.0. The molecule has 1 saturated carbocycles. The number of hydrogen-bond acceptors (Lipinski definition) is 5. The van der Waals surface area contributed by atoms with Crippen LogP contribution in [0.5, 0.6) is 5.75 Å². The second kappa shape index (κ2) is 8.97. The number of fused-ring (bicyclic) bond motifs is 1. The maximum atomic E-state index is 5.64. The number of benzene rings is 2. The second-order valence-corrected chi connectivity index (χ2v) is 9.49. The quantitative estimate of drug-likeness (QED) is 0.516. The highest BCUT2D eigenvalue weighted by Crippen LogP contribution is 2.39. The van der Waals surface area contributed by atoms with Crippen molar-refractivity contribution in [1.82, 2.24) is 9.97 Å². The Bertz CT molecular complexity index is 1080. The number of anilines is 2. The van der Waals surface area contributed by atoms with Crippen LogP contribution in [0.3, 0.4) is 0 Å². The molecule has 0 atom stereocenters. The number of para-hydroxylation sites is 1. The fraction of sp³-hybridized carbons (Fsp3) is 0.481. The summed E-state index contributed by atoms with van der Waals surface area (Å²) in [7, 11) is 5.95. The number of piperidine rings is 1. The van der Waals surface area contributed by atoms with Crippen LogP contribution in [0.15, 0.2) is 42.5 Å². The Morgan fingerprint density at radius 2 is 1.66 bits per heavy atom. The molecule has 1 aliphatic carbocycles. The van der Waals surface area contributed by atoms with Gasteiger partial charge in [0.05, 0.1) is 12.6 Å². The summed E-state index contributed by atoms with van der Waals surface area (Å²) >= 11 is 0. The molecular weight excluding hydrogens is 396 g/mol. The second-order valence-electron chi connectivity index (χ2n) is 9.49. The average Bonchev–Trinajstić information content (AvgIpc) is 3.38. The highest BCUT2D eigenvalue weighted by Gasteiger charge is 2.27. The number of hydrogen-bond donors (Lipinski definition) is 0. The molecule has 0 unspecified atom stereocenters. The Morgan fingerprint density at radius 3 is 2.38 bits per heavy atom. The van der Waals surface area contributed by atoms with E-state index in [2.05, 4.69) is 66.4 Å². The first-order valence-electron chi connectivity index (χ1n) is 12.0. The van der Waals surface area contributed by atoms with Crippen LogP contribution in [0.1, 0.15) is 61.7 Å². The Hall–Kier alpha value is -2.82. The number of methoxy groups -OCH3 is 1. The van der Waals surface area contributed by atoms with Gasteiger partial charge in [-0.25, -0.2) is 9.97 Å². The van der Waals surface area contributed by atoms with Crippen molar-refractivity contribution in [2.24, 2.45) is 0 Å². The summed E-state index contributed by atoms with van der Waals surface area (Å²) < 4.78 is 5.64. The molecule has 168 valence electrons. The maximum absolute atomic E-state index is 5.64. The lowest BCUT2D eigenvalue weighted by Gasteiger charge is -2.34. The molecule has 2 fully saturated rings. The van der Waals surface area contributed by atoms with Gasteiger partial charge < -0.3 is 14.5 Å². The van der Waals surface area contributed by atoms with Crippen molar-refractivity contribution in [3.8, 4) is 5.75 Å². The molecule has 2 aromatic carbocycles. The predicted octanol–water partition coefficient (Wildman–Crippen LogP) is 5.75. The van der Waals surface area contributed by atoms with E-state index in [1.54, 1.807) is 7.11 Å². The summed E-state index contributed by atoms with van der Waals surface area (Å²) in [6, 6.07) is 15.1. The molecule has 5 nitrogen and oxygen atoms in total. The minimum atomic E-state index is 0.512. The lowest BCUT2D eigenvalue weighted by atomic mass is 9.88. The first kappa shape index (κ1) is 21.0. The fourth-order valence-electron chi connectivity index (χ4n) is 5.41. The molecule has 5 rings (SSSR count). The average molecular weight is 431 g/mol. The standard InChI is InChI=1S/C27H34N4O/c1-30(2)21-12-13-24-23(18-21)27(29-26(28-24)20-8-4-5-9-20)31-16-14-19(15-17-31)22-10-6-7-11-25(22)32-3/h6-7,10-13,18-20H,4-5,8-9,14-17H2,1-3H3. The van der Waals surface area contributed by atoms with Crippen molar-refractivity contribution in [3.63, 3.8) is 0 Å². The van der Waals surface area contributed by atoms with Gasteiger partial charge in [0.15, 0.2) is 0 Å². The molecule has 0 N–H and O–H groups in total. The maximum Gasteiger partial charge on any atom is 0.140 e. The van der Waals surface area contributed by atoms with Crippen LogP contribution < -0.4 is 14.5 Å². The molecule has 2 aliphatic rings. The Balaban J connectivity index is 1.47. The molecule has 0 radical (unpaired) electrons. The van der Waals surface area contributed by atoms with E-state index >= 15 is 0 Å². The lowest BCUT2D eigenvalue weighted by Crippen LogP contribution is -2.34. The zero-order chi connectivity index (χ0) is 22.1. The van der Waals surface area contributed by atoms with Gasteiger partial charge in [-0.3, -0.25) is 0 Å². The van der Waals surface area contributed by atoms with Gasteiger partial charge >= 0.3 is 0 Å². The third kappa shape index (κ3) is 4.01. The van der Waals surface area contributed by atoms with E-state index in [-0.39, 0.29) is 0 Å². The monoisotopic (exact) mass is 430 g/mol.